The van der Waals surface area contributed by atoms with Crippen molar-refractivity contribution >= 4 is 16.5 Å². The summed E-state index contributed by atoms with van der Waals surface area (Å²) in [5.74, 6) is 0.441. The Morgan fingerprint density at radius 3 is 2.81 bits per heavy atom. The second-order valence-corrected chi connectivity index (χ2v) is 7.14. The molecule has 138 valence electrons. The first-order chi connectivity index (χ1) is 13.3. The van der Waals surface area contributed by atoms with Gasteiger partial charge in [0.1, 0.15) is 5.52 Å². The fourth-order valence-corrected chi connectivity index (χ4v) is 4.02. The Balaban J connectivity index is 1.23. The standard InChI is InChI=1S/C20H21N5O2/c26-20-17-5-8-21-25(17)14-13-24(20)12-11-23-9-6-15(7-10-23)19-16-3-1-2-4-18(16)27-22-19/h1-5,8,13-15H,6-7,9-12H2. The highest BCUT2D eigenvalue weighted by molar-refractivity contribution is 5.79. The molecule has 1 aromatic carbocycles. The third kappa shape index (κ3) is 2.94. The molecule has 1 saturated heterocycles. The number of fused-ring (bicyclic) bond motifs is 2. The molecule has 0 N–H and O–H groups in total. The van der Waals surface area contributed by atoms with Crippen LogP contribution in [0.15, 0.2) is 58.2 Å². The molecule has 27 heavy (non-hydrogen) atoms. The molecule has 4 heterocycles. The second-order valence-electron chi connectivity index (χ2n) is 7.14. The fraction of sp³-hybridized carbons (Fsp3) is 0.350. The largest absolute Gasteiger partial charge is 0.356 e. The molecule has 1 fully saturated rings. The Hall–Kier alpha value is -2.93. The van der Waals surface area contributed by atoms with Gasteiger partial charge in [-0.25, -0.2) is 4.52 Å². The molecule has 7 heteroatoms. The molecule has 4 aromatic rings. The molecule has 0 aliphatic carbocycles. The maximum Gasteiger partial charge on any atom is 0.276 e. The van der Waals surface area contributed by atoms with Gasteiger partial charge in [0, 0.05) is 36.8 Å². The van der Waals surface area contributed by atoms with Crippen molar-refractivity contribution < 1.29 is 4.52 Å². The quantitative estimate of drug-likeness (QED) is 0.557. The molecule has 0 radical (unpaired) electrons. The first kappa shape index (κ1) is 16.3. The van der Waals surface area contributed by atoms with E-state index >= 15 is 0 Å². The van der Waals surface area contributed by atoms with Crippen molar-refractivity contribution in [2.75, 3.05) is 19.6 Å². The van der Waals surface area contributed by atoms with Crippen LogP contribution in [-0.2, 0) is 6.54 Å². The number of piperidine rings is 1. The molecule has 1 aliphatic rings. The highest BCUT2D eigenvalue weighted by Gasteiger charge is 2.24. The van der Waals surface area contributed by atoms with Crippen molar-refractivity contribution in [2.24, 2.45) is 0 Å². The Morgan fingerprint density at radius 2 is 1.93 bits per heavy atom. The minimum atomic E-state index is 0.0129. The summed E-state index contributed by atoms with van der Waals surface area (Å²) in [6.45, 7) is 3.58. The lowest BCUT2D eigenvalue weighted by Gasteiger charge is -2.31. The molecule has 0 amide bonds. The lowest BCUT2D eigenvalue weighted by molar-refractivity contribution is 0.202. The Bertz CT molecular complexity index is 1130. The van der Waals surface area contributed by atoms with E-state index in [1.54, 1.807) is 21.3 Å². The summed E-state index contributed by atoms with van der Waals surface area (Å²) in [7, 11) is 0. The average molecular weight is 363 g/mol. The van der Waals surface area contributed by atoms with E-state index in [1.165, 1.54) is 0 Å². The van der Waals surface area contributed by atoms with Crippen LogP contribution in [0.2, 0.25) is 0 Å². The summed E-state index contributed by atoms with van der Waals surface area (Å²) < 4.78 is 8.86. The molecule has 5 rings (SSSR count). The van der Waals surface area contributed by atoms with E-state index in [-0.39, 0.29) is 5.56 Å². The van der Waals surface area contributed by atoms with Crippen molar-refractivity contribution in [2.45, 2.75) is 25.3 Å². The number of para-hydroxylation sites is 1. The summed E-state index contributed by atoms with van der Waals surface area (Å²) in [5.41, 5.74) is 2.59. The molecule has 0 bridgehead atoms. The summed E-state index contributed by atoms with van der Waals surface area (Å²) in [5, 5.41) is 9.57. The molecular weight excluding hydrogens is 342 g/mol. The van der Waals surface area contributed by atoms with E-state index < -0.39 is 0 Å². The number of hydrogen-bond donors (Lipinski definition) is 0. The molecule has 0 saturated carbocycles. The molecule has 7 nitrogen and oxygen atoms in total. The fourth-order valence-electron chi connectivity index (χ4n) is 4.02. The van der Waals surface area contributed by atoms with E-state index in [0.29, 0.717) is 18.0 Å². The Morgan fingerprint density at radius 1 is 1.07 bits per heavy atom. The maximum atomic E-state index is 12.5. The minimum absolute atomic E-state index is 0.0129. The molecular formula is C20H21N5O2. The number of nitrogens with zero attached hydrogens (tertiary/aromatic N) is 5. The van der Waals surface area contributed by atoms with Crippen LogP contribution < -0.4 is 5.56 Å². The predicted molar refractivity (Wildman–Crippen MR) is 102 cm³/mol. The van der Waals surface area contributed by atoms with Gasteiger partial charge in [0.25, 0.3) is 5.56 Å². The van der Waals surface area contributed by atoms with Crippen molar-refractivity contribution in [3.8, 4) is 0 Å². The lowest BCUT2D eigenvalue weighted by Crippen LogP contribution is -2.37. The van der Waals surface area contributed by atoms with Gasteiger partial charge in [0.05, 0.1) is 11.9 Å². The van der Waals surface area contributed by atoms with Crippen LogP contribution in [0.1, 0.15) is 24.5 Å². The number of benzene rings is 1. The normalized spacial score (nSPS) is 16.4. The third-order valence-corrected chi connectivity index (χ3v) is 5.57. The van der Waals surface area contributed by atoms with Crippen molar-refractivity contribution in [1.29, 1.82) is 0 Å². The Labute approximate surface area is 155 Å². The van der Waals surface area contributed by atoms with Crippen molar-refractivity contribution in [3.05, 3.63) is 65.0 Å². The van der Waals surface area contributed by atoms with Gasteiger partial charge in [0.15, 0.2) is 5.58 Å². The zero-order chi connectivity index (χ0) is 18.2. The van der Waals surface area contributed by atoms with Gasteiger partial charge in [-0.05, 0) is 44.1 Å². The van der Waals surface area contributed by atoms with Crippen LogP contribution in [0.3, 0.4) is 0 Å². The summed E-state index contributed by atoms with van der Waals surface area (Å²) >= 11 is 0. The van der Waals surface area contributed by atoms with Gasteiger partial charge < -0.3 is 14.0 Å². The van der Waals surface area contributed by atoms with Crippen LogP contribution >= 0.6 is 0 Å². The second kappa shape index (κ2) is 6.66. The number of rotatable bonds is 4. The van der Waals surface area contributed by atoms with Crippen LogP contribution in [0.4, 0.5) is 0 Å². The number of hydrogen-bond acceptors (Lipinski definition) is 5. The lowest BCUT2D eigenvalue weighted by atomic mass is 9.91. The third-order valence-electron chi connectivity index (χ3n) is 5.57. The van der Waals surface area contributed by atoms with Gasteiger partial charge in [-0.3, -0.25) is 4.79 Å². The molecule has 0 unspecified atom stereocenters. The topological polar surface area (TPSA) is 68.6 Å². The van der Waals surface area contributed by atoms with E-state index in [2.05, 4.69) is 21.2 Å². The molecule has 0 spiro atoms. The van der Waals surface area contributed by atoms with E-state index in [9.17, 15) is 4.79 Å². The van der Waals surface area contributed by atoms with Gasteiger partial charge in [-0.2, -0.15) is 5.10 Å². The first-order valence-corrected chi connectivity index (χ1v) is 9.39. The predicted octanol–water partition coefficient (Wildman–Crippen LogP) is 2.52. The number of aromatic nitrogens is 4. The summed E-state index contributed by atoms with van der Waals surface area (Å²) in [6, 6.07) is 9.83. The van der Waals surface area contributed by atoms with Crippen LogP contribution in [-0.4, -0.2) is 43.9 Å². The van der Waals surface area contributed by atoms with Gasteiger partial charge in [-0.15, -0.1) is 0 Å². The highest BCUT2D eigenvalue weighted by atomic mass is 16.5. The zero-order valence-corrected chi connectivity index (χ0v) is 15.0. The van der Waals surface area contributed by atoms with Crippen LogP contribution in [0.5, 0.6) is 0 Å². The maximum absolute atomic E-state index is 12.5. The number of likely N-dealkylation sites (tertiary alicyclic amines) is 1. The monoisotopic (exact) mass is 363 g/mol. The van der Waals surface area contributed by atoms with Gasteiger partial charge in [0.2, 0.25) is 0 Å². The van der Waals surface area contributed by atoms with Crippen molar-refractivity contribution in [1.82, 2.24) is 24.2 Å². The zero-order valence-electron chi connectivity index (χ0n) is 15.0. The Kier molecular flexibility index (Phi) is 4.01. The highest BCUT2D eigenvalue weighted by Crippen LogP contribution is 2.32. The SMILES string of the molecule is O=c1c2ccnn2ccn1CCN1CCC(c2noc3ccccc23)CC1. The van der Waals surface area contributed by atoms with E-state index in [4.69, 9.17) is 4.52 Å². The summed E-state index contributed by atoms with van der Waals surface area (Å²) in [6.07, 6.45) is 7.43. The van der Waals surface area contributed by atoms with Crippen LogP contribution in [0.25, 0.3) is 16.5 Å². The average Bonchev–Trinajstić information content (AvgIpc) is 3.35. The van der Waals surface area contributed by atoms with E-state index in [0.717, 1.165) is 49.1 Å². The van der Waals surface area contributed by atoms with E-state index in [1.807, 2.05) is 30.6 Å². The minimum Gasteiger partial charge on any atom is -0.356 e. The summed E-state index contributed by atoms with van der Waals surface area (Å²) in [4.78, 5) is 14.9. The smallest absolute Gasteiger partial charge is 0.276 e. The molecule has 3 aromatic heterocycles. The molecule has 1 aliphatic heterocycles. The van der Waals surface area contributed by atoms with Gasteiger partial charge >= 0.3 is 0 Å². The van der Waals surface area contributed by atoms with Crippen molar-refractivity contribution in [3.63, 3.8) is 0 Å². The first-order valence-electron chi connectivity index (χ1n) is 9.39. The molecule has 0 atom stereocenters. The van der Waals surface area contributed by atoms with Gasteiger partial charge in [-0.1, -0.05) is 17.3 Å². The van der Waals surface area contributed by atoms with Crippen LogP contribution in [0, 0.1) is 0 Å².